The second kappa shape index (κ2) is 7.07. The fraction of sp³-hybridized carbons (Fsp3) is 0.385. The highest BCUT2D eigenvalue weighted by Gasteiger charge is 2.04. The highest BCUT2D eigenvalue weighted by molar-refractivity contribution is 6.17. The number of nitrogens with one attached hydrogen (secondary N) is 1. The van der Waals surface area contributed by atoms with Crippen LogP contribution in [0.15, 0.2) is 24.3 Å². The summed E-state index contributed by atoms with van der Waals surface area (Å²) in [6.07, 6.45) is 2.07. The molecule has 1 aromatic rings. The van der Waals surface area contributed by atoms with E-state index in [0.717, 1.165) is 12.8 Å². The van der Waals surface area contributed by atoms with Gasteiger partial charge < -0.3 is 5.32 Å². The van der Waals surface area contributed by atoms with E-state index in [-0.39, 0.29) is 11.7 Å². The van der Waals surface area contributed by atoms with Crippen LogP contribution in [0.3, 0.4) is 0 Å². The maximum atomic E-state index is 11.5. The van der Waals surface area contributed by atoms with Crippen LogP contribution in [-0.2, 0) is 4.79 Å². The zero-order valence-corrected chi connectivity index (χ0v) is 10.6. The lowest BCUT2D eigenvalue weighted by Crippen LogP contribution is -2.11. The highest BCUT2D eigenvalue weighted by Crippen LogP contribution is 2.12. The van der Waals surface area contributed by atoms with Crippen molar-refractivity contribution >= 4 is 29.0 Å². The molecule has 0 atom stereocenters. The van der Waals surface area contributed by atoms with Gasteiger partial charge >= 0.3 is 0 Å². The lowest BCUT2D eigenvalue weighted by atomic mass is 10.1. The van der Waals surface area contributed by atoms with Crippen molar-refractivity contribution in [1.29, 1.82) is 0 Å². The van der Waals surface area contributed by atoms with E-state index < -0.39 is 0 Å². The average molecular weight is 254 g/mol. The van der Waals surface area contributed by atoms with Gasteiger partial charge in [0.1, 0.15) is 0 Å². The molecule has 0 bridgehead atoms. The molecule has 0 aliphatic carbocycles. The zero-order valence-electron chi connectivity index (χ0n) is 9.83. The Morgan fingerprint density at radius 1 is 1.29 bits per heavy atom. The number of alkyl halides is 1. The summed E-state index contributed by atoms with van der Waals surface area (Å²) in [6, 6.07) is 6.93. The molecule has 1 aromatic carbocycles. The quantitative estimate of drug-likeness (QED) is 0.481. The third-order valence-corrected chi connectivity index (χ3v) is 2.61. The molecular weight excluding hydrogens is 238 g/mol. The summed E-state index contributed by atoms with van der Waals surface area (Å²) in [4.78, 5) is 22.7. The number of unbranched alkanes of at least 4 members (excludes halogenated alkanes) is 1. The first-order valence-corrected chi connectivity index (χ1v) is 6.13. The van der Waals surface area contributed by atoms with E-state index in [1.165, 1.54) is 6.92 Å². The van der Waals surface area contributed by atoms with Crippen molar-refractivity contribution in [2.45, 2.75) is 26.2 Å². The predicted molar refractivity (Wildman–Crippen MR) is 69.6 cm³/mol. The molecule has 3 nitrogen and oxygen atoms in total. The third-order valence-electron chi connectivity index (χ3n) is 2.34. The van der Waals surface area contributed by atoms with E-state index in [0.29, 0.717) is 23.6 Å². The molecule has 0 aliphatic rings. The van der Waals surface area contributed by atoms with Gasteiger partial charge in [-0.1, -0.05) is 12.1 Å². The van der Waals surface area contributed by atoms with Gasteiger partial charge in [-0.25, -0.2) is 0 Å². The Hall–Kier alpha value is -1.35. The lowest BCUT2D eigenvalue weighted by molar-refractivity contribution is -0.116. The van der Waals surface area contributed by atoms with E-state index in [1.54, 1.807) is 24.3 Å². The predicted octanol–water partition coefficient (Wildman–Crippen LogP) is 3.24. The Bertz CT molecular complexity index is 404. The Kier molecular flexibility index (Phi) is 5.70. The van der Waals surface area contributed by atoms with Gasteiger partial charge in [0.25, 0.3) is 0 Å². The van der Waals surface area contributed by atoms with Crippen molar-refractivity contribution in [1.82, 2.24) is 0 Å². The molecule has 1 rings (SSSR count). The number of ketones is 1. The van der Waals surface area contributed by atoms with Crippen molar-refractivity contribution in [2.75, 3.05) is 11.2 Å². The second-order valence-electron chi connectivity index (χ2n) is 3.83. The standard InChI is InChI=1S/C13H16ClNO2/c1-10(16)11-5-4-6-12(9-11)15-13(17)7-2-3-8-14/h4-6,9H,2-3,7-8H2,1H3,(H,15,17). The molecule has 1 N–H and O–H groups in total. The number of hydrogen-bond acceptors (Lipinski definition) is 2. The van der Waals surface area contributed by atoms with E-state index >= 15 is 0 Å². The topological polar surface area (TPSA) is 46.2 Å². The number of Topliss-reactive ketones (excluding diaryl/α,β-unsaturated/α-hetero) is 1. The van der Waals surface area contributed by atoms with Crippen LogP contribution in [0.1, 0.15) is 36.5 Å². The average Bonchev–Trinajstić information content (AvgIpc) is 2.29. The Balaban J connectivity index is 2.53. The van der Waals surface area contributed by atoms with Crippen LogP contribution in [0.2, 0.25) is 0 Å². The van der Waals surface area contributed by atoms with Gasteiger partial charge in [0.05, 0.1) is 0 Å². The summed E-state index contributed by atoms with van der Waals surface area (Å²) in [5.74, 6) is 0.520. The molecule has 92 valence electrons. The van der Waals surface area contributed by atoms with E-state index in [9.17, 15) is 9.59 Å². The van der Waals surface area contributed by atoms with Crippen LogP contribution < -0.4 is 5.32 Å². The van der Waals surface area contributed by atoms with Crippen LogP contribution in [-0.4, -0.2) is 17.6 Å². The smallest absolute Gasteiger partial charge is 0.224 e. The number of carbonyl (C=O) groups excluding carboxylic acids is 2. The summed E-state index contributed by atoms with van der Waals surface area (Å²) < 4.78 is 0. The van der Waals surface area contributed by atoms with Gasteiger partial charge in [0.2, 0.25) is 5.91 Å². The summed E-state index contributed by atoms with van der Waals surface area (Å²) >= 11 is 5.53. The minimum Gasteiger partial charge on any atom is -0.326 e. The monoisotopic (exact) mass is 253 g/mol. The van der Waals surface area contributed by atoms with Crippen molar-refractivity contribution in [2.24, 2.45) is 0 Å². The summed E-state index contributed by atoms with van der Waals surface area (Å²) in [6.45, 7) is 1.50. The third kappa shape index (κ3) is 5.00. The number of hydrogen-bond donors (Lipinski definition) is 1. The first kappa shape index (κ1) is 13.7. The molecule has 17 heavy (non-hydrogen) atoms. The molecule has 0 saturated heterocycles. The van der Waals surface area contributed by atoms with Crippen LogP contribution in [0.25, 0.3) is 0 Å². The van der Waals surface area contributed by atoms with E-state index in [4.69, 9.17) is 11.6 Å². The van der Waals surface area contributed by atoms with Gasteiger partial charge in [0.15, 0.2) is 5.78 Å². The minimum atomic E-state index is -0.0455. The Morgan fingerprint density at radius 2 is 2.06 bits per heavy atom. The maximum absolute atomic E-state index is 11.5. The molecule has 0 heterocycles. The number of anilines is 1. The van der Waals surface area contributed by atoms with Gasteiger partial charge in [-0.05, 0) is 31.9 Å². The molecule has 0 saturated carbocycles. The van der Waals surface area contributed by atoms with Crippen molar-refractivity contribution in [3.63, 3.8) is 0 Å². The number of rotatable bonds is 6. The Morgan fingerprint density at radius 3 is 2.71 bits per heavy atom. The van der Waals surface area contributed by atoms with Crippen molar-refractivity contribution < 1.29 is 9.59 Å². The SMILES string of the molecule is CC(=O)c1cccc(NC(=O)CCCCCl)c1. The molecule has 4 heteroatoms. The molecule has 1 amide bonds. The van der Waals surface area contributed by atoms with Crippen molar-refractivity contribution in [3.05, 3.63) is 29.8 Å². The molecule has 0 radical (unpaired) electrons. The normalized spacial score (nSPS) is 10.0. The highest BCUT2D eigenvalue weighted by atomic mass is 35.5. The van der Waals surface area contributed by atoms with Gasteiger partial charge in [-0.15, -0.1) is 11.6 Å². The summed E-state index contributed by atoms with van der Waals surface area (Å²) in [5, 5.41) is 2.76. The molecule has 0 aliphatic heterocycles. The minimum absolute atomic E-state index is 0.0109. The molecule has 0 fully saturated rings. The van der Waals surface area contributed by atoms with Crippen LogP contribution >= 0.6 is 11.6 Å². The van der Waals surface area contributed by atoms with Gasteiger partial charge in [-0.2, -0.15) is 0 Å². The number of halogens is 1. The second-order valence-corrected chi connectivity index (χ2v) is 4.21. The number of benzene rings is 1. The number of amides is 1. The molecule has 0 unspecified atom stereocenters. The fourth-order valence-corrected chi connectivity index (χ4v) is 1.61. The first-order valence-electron chi connectivity index (χ1n) is 5.60. The molecule has 0 spiro atoms. The largest absolute Gasteiger partial charge is 0.326 e. The van der Waals surface area contributed by atoms with Crippen molar-refractivity contribution in [3.8, 4) is 0 Å². The van der Waals surface area contributed by atoms with Crippen LogP contribution in [0, 0.1) is 0 Å². The molecular formula is C13H16ClNO2. The summed E-state index contributed by atoms with van der Waals surface area (Å²) in [5.41, 5.74) is 1.26. The first-order chi connectivity index (χ1) is 8.13. The van der Waals surface area contributed by atoms with Crippen LogP contribution in [0.4, 0.5) is 5.69 Å². The van der Waals surface area contributed by atoms with E-state index in [2.05, 4.69) is 5.32 Å². The van der Waals surface area contributed by atoms with Gasteiger partial charge in [0, 0.05) is 23.6 Å². The lowest BCUT2D eigenvalue weighted by Gasteiger charge is -2.05. The maximum Gasteiger partial charge on any atom is 0.224 e. The number of carbonyl (C=O) groups is 2. The van der Waals surface area contributed by atoms with E-state index in [1.807, 2.05) is 0 Å². The molecule has 0 aromatic heterocycles. The van der Waals surface area contributed by atoms with Crippen LogP contribution in [0.5, 0.6) is 0 Å². The Labute approximate surface area is 106 Å². The summed E-state index contributed by atoms with van der Waals surface area (Å²) in [7, 11) is 0. The van der Waals surface area contributed by atoms with Gasteiger partial charge in [-0.3, -0.25) is 9.59 Å². The fourth-order valence-electron chi connectivity index (χ4n) is 1.42. The zero-order chi connectivity index (χ0) is 12.7.